The minimum Gasteiger partial charge on any atom is -0.493 e. The van der Waals surface area contributed by atoms with E-state index in [1.54, 1.807) is 18.2 Å². The number of benzene rings is 3. The minimum atomic E-state index is -4.91. The summed E-state index contributed by atoms with van der Waals surface area (Å²) < 4.78 is 59.1. The summed E-state index contributed by atoms with van der Waals surface area (Å²) in [4.78, 5) is 16.1. The third-order valence-electron chi connectivity index (χ3n) is 5.47. The largest absolute Gasteiger partial charge is 0.573 e. The maximum absolute atomic E-state index is 13.2. The number of ketones is 1. The van der Waals surface area contributed by atoms with Gasteiger partial charge in [0, 0.05) is 40.2 Å². The highest BCUT2D eigenvalue weighted by Crippen LogP contribution is 2.37. The van der Waals surface area contributed by atoms with Crippen LogP contribution >= 0.6 is 11.6 Å². The third kappa shape index (κ3) is 6.96. The van der Waals surface area contributed by atoms with E-state index in [0.717, 1.165) is 11.6 Å². The fourth-order valence-electron chi connectivity index (χ4n) is 3.78. The first kappa shape index (κ1) is 26.4. The van der Waals surface area contributed by atoms with Crippen molar-refractivity contribution in [2.75, 3.05) is 20.3 Å². The molecule has 10 heteroatoms. The molecule has 0 unspecified atom stereocenters. The molecule has 1 aromatic heterocycles. The Morgan fingerprint density at radius 1 is 0.973 bits per heavy atom. The normalized spacial score (nSPS) is 11.5. The van der Waals surface area contributed by atoms with Crippen molar-refractivity contribution < 1.29 is 36.9 Å². The first-order valence-corrected chi connectivity index (χ1v) is 11.6. The zero-order chi connectivity index (χ0) is 26.4. The summed E-state index contributed by atoms with van der Waals surface area (Å²) in [7, 11) is 1.23. The van der Waals surface area contributed by atoms with E-state index in [0.29, 0.717) is 35.1 Å². The highest BCUT2D eigenvalue weighted by molar-refractivity contribution is 6.30. The SMILES string of the molecule is COc1cc2[nH]cc(C(=O)Cc3ccc(Cl)cc3OCCOCc3ccccc3)c2cc1OC(F)(F)F. The number of carbonyl (C=O) groups is 1. The van der Waals surface area contributed by atoms with Gasteiger partial charge in [-0.15, -0.1) is 13.2 Å². The number of rotatable bonds is 11. The monoisotopic (exact) mass is 533 g/mol. The van der Waals surface area contributed by atoms with Gasteiger partial charge < -0.3 is 23.9 Å². The van der Waals surface area contributed by atoms with Gasteiger partial charge in [-0.25, -0.2) is 0 Å². The fourth-order valence-corrected chi connectivity index (χ4v) is 3.94. The maximum Gasteiger partial charge on any atom is 0.573 e. The number of halogens is 4. The number of hydrogen-bond donors (Lipinski definition) is 1. The lowest BCUT2D eigenvalue weighted by molar-refractivity contribution is -0.275. The van der Waals surface area contributed by atoms with Crippen LogP contribution in [0.5, 0.6) is 17.2 Å². The molecule has 0 saturated carbocycles. The van der Waals surface area contributed by atoms with Gasteiger partial charge in [-0.2, -0.15) is 0 Å². The second kappa shape index (κ2) is 11.6. The van der Waals surface area contributed by atoms with E-state index < -0.39 is 12.1 Å². The molecule has 0 radical (unpaired) electrons. The number of alkyl halides is 3. The lowest BCUT2D eigenvalue weighted by Gasteiger charge is -2.13. The van der Waals surface area contributed by atoms with Gasteiger partial charge in [0.15, 0.2) is 17.3 Å². The molecule has 0 amide bonds. The van der Waals surface area contributed by atoms with Crippen molar-refractivity contribution in [1.29, 1.82) is 0 Å². The molecule has 0 spiro atoms. The van der Waals surface area contributed by atoms with Crippen molar-refractivity contribution >= 4 is 28.3 Å². The molecule has 0 bridgehead atoms. The predicted octanol–water partition coefficient (Wildman–Crippen LogP) is 6.75. The molecule has 0 aliphatic carbocycles. The lowest BCUT2D eigenvalue weighted by atomic mass is 10.0. The average Bonchev–Trinajstić information content (AvgIpc) is 3.27. The van der Waals surface area contributed by atoms with Gasteiger partial charge >= 0.3 is 6.36 Å². The van der Waals surface area contributed by atoms with E-state index >= 15 is 0 Å². The molecule has 4 aromatic rings. The second-order valence-corrected chi connectivity index (χ2v) is 8.47. The van der Waals surface area contributed by atoms with E-state index in [-0.39, 0.29) is 35.5 Å². The first-order valence-electron chi connectivity index (χ1n) is 11.2. The molecule has 0 aliphatic heterocycles. The van der Waals surface area contributed by atoms with Crippen LogP contribution in [0.1, 0.15) is 21.5 Å². The molecule has 0 fully saturated rings. The molecule has 37 heavy (non-hydrogen) atoms. The molecule has 0 aliphatic rings. The number of aromatic nitrogens is 1. The minimum absolute atomic E-state index is 0.0637. The van der Waals surface area contributed by atoms with E-state index in [1.807, 2.05) is 30.3 Å². The predicted molar refractivity (Wildman–Crippen MR) is 133 cm³/mol. The van der Waals surface area contributed by atoms with Gasteiger partial charge in [-0.05, 0) is 23.8 Å². The number of carbonyl (C=O) groups excluding carboxylic acids is 1. The van der Waals surface area contributed by atoms with Crippen LogP contribution in [0.25, 0.3) is 10.9 Å². The smallest absolute Gasteiger partial charge is 0.493 e. The Morgan fingerprint density at radius 2 is 1.76 bits per heavy atom. The zero-order valence-electron chi connectivity index (χ0n) is 19.7. The summed E-state index contributed by atoms with van der Waals surface area (Å²) >= 11 is 6.13. The van der Waals surface area contributed by atoms with Crippen LogP contribution in [0, 0.1) is 0 Å². The molecule has 194 valence electrons. The summed E-state index contributed by atoms with van der Waals surface area (Å²) in [5, 5.41) is 0.709. The maximum atomic E-state index is 13.2. The van der Waals surface area contributed by atoms with Crippen molar-refractivity contribution in [3.8, 4) is 17.2 Å². The van der Waals surface area contributed by atoms with Crippen molar-refractivity contribution in [2.24, 2.45) is 0 Å². The summed E-state index contributed by atoms with van der Waals surface area (Å²) in [5.74, 6) is -0.565. The van der Waals surface area contributed by atoms with Gasteiger partial charge in [-0.1, -0.05) is 48.0 Å². The Morgan fingerprint density at radius 3 is 2.49 bits per heavy atom. The number of hydrogen-bond acceptors (Lipinski definition) is 5. The van der Waals surface area contributed by atoms with E-state index in [9.17, 15) is 18.0 Å². The summed E-state index contributed by atoms with van der Waals surface area (Å²) in [6.07, 6.45) is -3.54. The summed E-state index contributed by atoms with van der Waals surface area (Å²) in [6.45, 7) is 0.997. The highest BCUT2D eigenvalue weighted by atomic mass is 35.5. The Hall–Kier alpha value is -3.69. The number of methoxy groups -OCH3 is 1. The van der Waals surface area contributed by atoms with Crippen LogP contribution in [0.3, 0.4) is 0 Å². The standard InChI is InChI=1S/C27H23ClF3NO5/c1-34-25-14-22-20(13-26(25)37-27(29,30)31)21(15-32-22)23(33)11-18-7-8-19(28)12-24(18)36-10-9-35-16-17-5-3-2-4-6-17/h2-8,12-15,32H,9-11,16H2,1H3. The summed E-state index contributed by atoms with van der Waals surface area (Å²) in [5.41, 5.74) is 2.25. The number of nitrogens with one attached hydrogen (secondary N) is 1. The number of ether oxygens (including phenoxy) is 4. The van der Waals surface area contributed by atoms with Crippen LogP contribution in [-0.2, 0) is 17.8 Å². The fraction of sp³-hybridized carbons (Fsp3) is 0.222. The number of fused-ring (bicyclic) bond motifs is 1. The van der Waals surface area contributed by atoms with Gasteiger partial charge in [0.2, 0.25) is 0 Å². The molecule has 0 atom stereocenters. The van der Waals surface area contributed by atoms with E-state index in [4.69, 9.17) is 25.8 Å². The summed E-state index contributed by atoms with van der Waals surface area (Å²) in [6, 6.07) is 17.1. The van der Waals surface area contributed by atoms with Gasteiger partial charge in [0.05, 0.1) is 25.8 Å². The van der Waals surface area contributed by atoms with Crippen LogP contribution < -0.4 is 14.2 Å². The van der Waals surface area contributed by atoms with Crippen LogP contribution in [0.4, 0.5) is 13.2 Å². The van der Waals surface area contributed by atoms with E-state index in [1.165, 1.54) is 19.4 Å². The van der Waals surface area contributed by atoms with Crippen LogP contribution in [-0.4, -0.2) is 37.5 Å². The first-order chi connectivity index (χ1) is 17.7. The lowest BCUT2D eigenvalue weighted by Crippen LogP contribution is -2.17. The Labute approximate surface area is 215 Å². The topological polar surface area (TPSA) is 69.8 Å². The highest BCUT2D eigenvalue weighted by Gasteiger charge is 2.33. The average molecular weight is 534 g/mol. The van der Waals surface area contributed by atoms with Crippen molar-refractivity contribution in [1.82, 2.24) is 4.98 Å². The van der Waals surface area contributed by atoms with E-state index in [2.05, 4.69) is 9.72 Å². The Kier molecular flexibility index (Phi) is 8.25. The Bertz CT molecular complexity index is 1370. The third-order valence-corrected chi connectivity index (χ3v) is 5.70. The molecule has 6 nitrogen and oxygen atoms in total. The molecular weight excluding hydrogens is 511 g/mol. The number of Topliss-reactive ketones (excluding diaryl/α,β-unsaturated/α-hetero) is 1. The Balaban J connectivity index is 1.47. The molecule has 1 heterocycles. The molecular formula is C27H23ClF3NO5. The van der Waals surface area contributed by atoms with Gasteiger partial charge in [0.25, 0.3) is 0 Å². The molecule has 3 aromatic carbocycles. The number of H-pyrrole nitrogens is 1. The van der Waals surface area contributed by atoms with Crippen molar-refractivity contribution in [3.63, 3.8) is 0 Å². The molecule has 4 rings (SSSR count). The molecule has 1 N–H and O–H groups in total. The van der Waals surface area contributed by atoms with Gasteiger partial charge in [0.1, 0.15) is 12.4 Å². The molecule has 0 saturated heterocycles. The second-order valence-electron chi connectivity index (χ2n) is 8.04. The van der Waals surface area contributed by atoms with Crippen molar-refractivity contribution in [3.05, 3.63) is 88.6 Å². The van der Waals surface area contributed by atoms with Crippen LogP contribution in [0.2, 0.25) is 5.02 Å². The van der Waals surface area contributed by atoms with Gasteiger partial charge in [-0.3, -0.25) is 4.79 Å². The van der Waals surface area contributed by atoms with Crippen molar-refractivity contribution in [2.45, 2.75) is 19.4 Å². The number of aromatic amines is 1. The zero-order valence-corrected chi connectivity index (χ0v) is 20.5. The quantitative estimate of drug-likeness (QED) is 0.171. The van der Waals surface area contributed by atoms with Crippen LogP contribution in [0.15, 0.2) is 66.9 Å².